The summed E-state index contributed by atoms with van der Waals surface area (Å²) in [5.74, 6) is 1.68. The van der Waals surface area contributed by atoms with E-state index in [-0.39, 0.29) is 0 Å². The summed E-state index contributed by atoms with van der Waals surface area (Å²) in [6, 6.07) is 3.68. The van der Waals surface area contributed by atoms with Crippen LogP contribution < -0.4 is 14.2 Å². The molecular weight excluding hydrogens is 246 g/mol. The molecule has 5 heteroatoms. The van der Waals surface area contributed by atoms with Gasteiger partial charge in [-0.3, -0.25) is 0 Å². The Labute approximate surface area is 112 Å². The summed E-state index contributed by atoms with van der Waals surface area (Å²) in [5, 5.41) is 0. The molecule has 0 atom stereocenters. The van der Waals surface area contributed by atoms with E-state index in [1.165, 1.54) is 0 Å². The highest BCUT2D eigenvalue weighted by molar-refractivity contribution is 5.59. The smallest absolute Gasteiger partial charge is 0.235 e. The predicted molar refractivity (Wildman–Crippen MR) is 69.7 cm³/mol. The molecule has 0 aliphatic heterocycles. The Kier molecular flexibility index (Phi) is 3.76. The molecule has 0 spiro atoms. The van der Waals surface area contributed by atoms with Crippen molar-refractivity contribution in [2.45, 2.75) is 24.8 Å². The molecule has 19 heavy (non-hydrogen) atoms. The highest BCUT2D eigenvalue weighted by atomic mass is 16.5. The second-order valence-corrected chi connectivity index (χ2v) is 4.47. The van der Waals surface area contributed by atoms with Crippen LogP contribution in [0.15, 0.2) is 17.1 Å². The average molecular weight is 263 g/mol. The van der Waals surface area contributed by atoms with Crippen molar-refractivity contribution < 1.29 is 19.0 Å². The number of rotatable bonds is 5. The minimum absolute atomic E-state index is 0.521. The molecule has 1 saturated carbocycles. The third-order valence-corrected chi connectivity index (χ3v) is 3.65. The molecule has 5 nitrogen and oxygen atoms in total. The van der Waals surface area contributed by atoms with E-state index in [4.69, 9.17) is 14.2 Å². The van der Waals surface area contributed by atoms with Crippen LogP contribution in [-0.4, -0.2) is 27.4 Å². The molecule has 0 heterocycles. The molecule has 0 bridgehead atoms. The van der Waals surface area contributed by atoms with Gasteiger partial charge in [0, 0.05) is 5.56 Å². The van der Waals surface area contributed by atoms with Gasteiger partial charge in [0.25, 0.3) is 0 Å². The maximum atomic E-state index is 10.7. The van der Waals surface area contributed by atoms with Crippen molar-refractivity contribution >= 4 is 6.08 Å². The van der Waals surface area contributed by atoms with Crippen molar-refractivity contribution in [3.05, 3.63) is 17.7 Å². The summed E-state index contributed by atoms with van der Waals surface area (Å²) >= 11 is 0. The van der Waals surface area contributed by atoms with Crippen LogP contribution in [0.25, 0.3) is 0 Å². The second kappa shape index (κ2) is 5.33. The third-order valence-electron chi connectivity index (χ3n) is 3.65. The Morgan fingerprint density at radius 1 is 1.11 bits per heavy atom. The van der Waals surface area contributed by atoms with Gasteiger partial charge in [0.15, 0.2) is 11.5 Å². The molecule has 0 aromatic heterocycles. The molecule has 0 radical (unpaired) electrons. The molecule has 0 amide bonds. The lowest BCUT2D eigenvalue weighted by Crippen LogP contribution is -2.32. The number of aliphatic imine (C=N–C) groups is 1. The van der Waals surface area contributed by atoms with Gasteiger partial charge >= 0.3 is 0 Å². The van der Waals surface area contributed by atoms with Crippen molar-refractivity contribution in [2.24, 2.45) is 4.99 Å². The molecule has 0 N–H and O–H groups in total. The molecule has 1 aliphatic rings. The fraction of sp³-hybridized carbons (Fsp3) is 0.500. The topological polar surface area (TPSA) is 57.1 Å². The lowest BCUT2D eigenvalue weighted by Gasteiger charge is -2.38. The monoisotopic (exact) mass is 263 g/mol. The number of carbonyl (C=O) groups excluding carboxylic acids is 1. The molecule has 2 rings (SSSR count). The van der Waals surface area contributed by atoms with Crippen molar-refractivity contribution in [3.63, 3.8) is 0 Å². The Morgan fingerprint density at radius 2 is 1.79 bits per heavy atom. The van der Waals surface area contributed by atoms with Crippen LogP contribution in [0.4, 0.5) is 0 Å². The number of isocyanates is 1. The van der Waals surface area contributed by atoms with E-state index in [9.17, 15) is 4.79 Å². The van der Waals surface area contributed by atoms with Crippen LogP contribution in [0.5, 0.6) is 17.2 Å². The molecule has 102 valence electrons. The van der Waals surface area contributed by atoms with E-state index in [0.717, 1.165) is 24.8 Å². The molecule has 1 fully saturated rings. The van der Waals surface area contributed by atoms with Crippen LogP contribution in [0.1, 0.15) is 24.8 Å². The first-order valence-electron chi connectivity index (χ1n) is 6.11. The normalized spacial score (nSPS) is 15.9. The van der Waals surface area contributed by atoms with Crippen molar-refractivity contribution in [1.82, 2.24) is 0 Å². The van der Waals surface area contributed by atoms with Crippen molar-refractivity contribution in [1.29, 1.82) is 0 Å². The average Bonchev–Trinajstić information content (AvgIpc) is 2.41. The highest BCUT2D eigenvalue weighted by Gasteiger charge is 2.42. The Hall–Kier alpha value is -2.00. The molecule has 0 saturated heterocycles. The van der Waals surface area contributed by atoms with Crippen LogP contribution in [0.2, 0.25) is 0 Å². The molecule has 1 aliphatic carbocycles. The summed E-state index contributed by atoms with van der Waals surface area (Å²) in [7, 11) is 4.69. The number of hydrogen-bond donors (Lipinski definition) is 0. The van der Waals surface area contributed by atoms with E-state index in [0.29, 0.717) is 17.2 Å². The number of benzene rings is 1. The largest absolute Gasteiger partial charge is 0.493 e. The number of hydrogen-bond acceptors (Lipinski definition) is 5. The van der Waals surface area contributed by atoms with Gasteiger partial charge in [-0.2, -0.15) is 4.99 Å². The second-order valence-electron chi connectivity index (χ2n) is 4.47. The van der Waals surface area contributed by atoms with Gasteiger partial charge in [0.1, 0.15) is 5.54 Å². The summed E-state index contributed by atoms with van der Waals surface area (Å²) in [6.07, 6.45) is 4.33. The van der Waals surface area contributed by atoms with Gasteiger partial charge in [-0.05, 0) is 31.4 Å². The number of nitrogens with zero attached hydrogens (tertiary/aromatic N) is 1. The molecule has 1 aromatic rings. The lowest BCUT2D eigenvalue weighted by atomic mass is 9.72. The van der Waals surface area contributed by atoms with Gasteiger partial charge in [-0.1, -0.05) is 0 Å². The summed E-state index contributed by atoms with van der Waals surface area (Å²) in [5.41, 5.74) is 0.328. The molecule has 1 aromatic carbocycles. The highest BCUT2D eigenvalue weighted by Crippen LogP contribution is 2.52. The van der Waals surface area contributed by atoms with E-state index in [1.54, 1.807) is 33.5 Å². The minimum Gasteiger partial charge on any atom is -0.493 e. The van der Waals surface area contributed by atoms with Crippen LogP contribution in [0.3, 0.4) is 0 Å². The summed E-state index contributed by atoms with van der Waals surface area (Å²) < 4.78 is 16.0. The zero-order valence-electron chi connectivity index (χ0n) is 11.4. The standard InChI is InChI=1S/C14H17NO4/c1-17-11-6-5-10(12(18-2)13(11)19-3)14(15-9-16)7-4-8-14/h5-6H,4,7-8H2,1-3H3. The number of ether oxygens (including phenoxy) is 3. The van der Waals surface area contributed by atoms with Crippen LogP contribution >= 0.6 is 0 Å². The summed E-state index contributed by atoms with van der Waals surface area (Å²) in [6.45, 7) is 0. The Morgan fingerprint density at radius 3 is 2.21 bits per heavy atom. The van der Waals surface area contributed by atoms with Gasteiger partial charge in [0.05, 0.1) is 21.3 Å². The van der Waals surface area contributed by atoms with E-state index in [2.05, 4.69) is 4.99 Å². The zero-order valence-corrected chi connectivity index (χ0v) is 11.4. The van der Waals surface area contributed by atoms with Gasteiger partial charge < -0.3 is 14.2 Å². The first-order chi connectivity index (χ1) is 9.22. The fourth-order valence-corrected chi connectivity index (χ4v) is 2.51. The maximum Gasteiger partial charge on any atom is 0.235 e. The van der Waals surface area contributed by atoms with E-state index in [1.807, 2.05) is 6.07 Å². The molecular formula is C14H17NO4. The minimum atomic E-state index is -0.521. The van der Waals surface area contributed by atoms with Gasteiger partial charge in [-0.25, -0.2) is 4.79 Å². The number of methoxy groups -OCH3 is 3. The first-order valence-corrected chi connectivity index (χ1v) is 6.11. The maximum absolute atomic E-state index is 10.7. The van der Waals surface area contributed by atoms with Crippen LogP contribution in [0, 0.1) is 0 Å². The first kappa shape index (κ1) is 13.4. The predicted octanol–water partition coefficient (Wildman–Crippen LogP) is 2.43. The lowest BCUT2D eigenvalue weighted by molar-refractivity contribution is 0.240. The van der Waals surface area contributed by atoms with Crippen molar-refractivity contribution in [3.8, 4) is 17.2 Å². The zero-order chi connectivity index (χ0) is 13.9. The SMILES string of the molecule is COc1ccc(C2(N=C=O)CCC2)c(OC)c1OC. The van der Waals surface area contributed by atoms with E-state index >= 15 is 0 Å². The fourth-order valence-electron chi connectivity index (χ4n) is 2.51. The van der Waals surface area contributed by atoms with Gasteiger partial charge in [0.2, 0.25) is 11.8 Å². The van der Waals surface area contributed by atoms with Gasteiger partial charge in [-0.15, -0.1) is 0 Å². The van der Waals surface area contributed by atoms with Crippen molar-refractivity contribution in [2.75, 3.05) is 21.3 Å². The van der Waals surface area contributed by atoms with E-state index < -0.39 is 5.54 Å². The Bertz CT molecular complexity index is 516. The van der Waals surface area contributed by atoms with Crippen LogP contribution in [-0.2, 0) is 10.3 Å². The Balaban J connectivity index is 2.60. The molecule has 0 unspecified atom stereocenters. The third kappa shape index (κ3) is 2.06. The summed E-state index contributed by atoms with van der Waals surface area (Å²) in [4.78, 5) is 14.7. The quantitative estimate of drug-likeness (QED) is 0.604.